The van der Waals surface area contributed by atoms with Gasteiger partial charge >= 0.3 is 0 Å². The molecule has 1 aliphatic rings. The van der Waals surface area contributed by atoms with Crippen molar-refractivity contribution in [1.82, 2.24) is 0 Å². The highest BCUT2D eigenvalue weighted by Crippen LogP contribution is 2.47. The van der Waals surface area contributed by atoms with E-state index in [1.807, 2.05) is 0 Å². The lowest BCUT2D eigenvalue weighted by Gasteiger charge is -2.22. The number of halogens is 1. The molecule has 14 heavy (non-hydrogen) atoms. The van der Waals surface area contributed by atoms with Gasteiger partial charge in [-0.1, -0.05) is 49.2 Å². The average molecular weight is 207 g/mol. The maximum atomic E-state index is 6.31. The van der Waals surface area contributed by atoms with Crippen molar-refractivity contribution in [3.8, 4) is 0 Å². The minimum atomic E-state index is 0.0957. The lowest BCUT2D eigenvalue weighted by atomic mass is 9.81. The quantitative estimate of drug-likeness (QED) is 0.595. The zero-order valence-electron chi connectivity index (χ0n) is 9.11. The van der Waals surface area contributed by atoms with Crippen LogP contribution in [-0.2, 0) is 5.41 Å². The summed E-state index contributed by atoms with van der Waals surface area (Å²) in [7, 11) is 0. The third-order valence-electron chi connectivity index (χ3n) is 3.35. The minimum Gasteiger partial charge on any atom is -0.0837 e. The molecular formula is C13H15Cl. The molecule has 0 heterocycles. The maximum Gasteiger partial charge on any atom is 0.0479 e. The second-order valence-corrected chi connectivity index (χ2v) is 4.99. The van der Waals surface area contributed by atoms with E-state index in [1.54, 1.807) is 0 Å². The molecule has 0 nitrogen and oxygen atoms in total. The SMILES string of the molecule is CC1=C(Cl)c2ccc(C)cc2C1(C)C. The van der Waals surface area contributed by atoms with E-state index < -0.39 is 0 Å². The largest absolute Gasteiger partial charge is 0.0837 e. The zero-order chi connectivity index (χ0) is 10.5. The Hall–Kier alpha value is -0.750. The molecule has 0 fully saturated rings. The standard InChI is InChI=1S/C13H15Cl/c1-8-5-6-10-11(7-8)13(3,4)9(2)12(10)14/h5-7H,1-4H3. The van der Waals surface area contributed by atoms with Gasteiger partial charge in [-0.3, -0.25) is 0 Å². The summed E-state index contributed by atoms with van der Waals surface area (Å²) < 4.78 is 0. The van der Waals surface area contributed by atoms with Gasteiger partial charge in [0.15, 0.2) is 0 Å². The molecule has 0 saturated heterocycles. The van der Waals surface area contributed by atoms with Crippen molar-refractivity contribution in [3.63, 3.8) is 0 Å². The van der Waals surface area contributed by atoms with Crippen LogP contribution in [0.5, 0.6) is 0 Å². The Labute approximate surface area is 90.6 Å². The molecular weight excluding hydrogens is 192 g/mol. The summed E-state index contributed by atoms with van der Waals surface area (Å²) in [6, 6.07) is 6.50. The van der Waals surface area contributed by atoms with Gasteiger partial charge in [0.05, 0.1) is 0 Å². The average Bonchev–Trinajstić information content (AvgIpc) is 2.29. The molecule has 1 heteroatoms. The van der Waals surface area contributed by atoms with Gasteiger partial charge in [-0.15, -0.1) is 0 Å². The molecule has 74 valence electrons. The van der Waals surface area contributed by atoms with Crippen LogP contribution in [0.15, 0.2) is 23.8 Å². The molecule has 1 aromatic rings. The van der Waals surface area contributed by atoms with Crippen LogP contribution in [0.25, 0.3) is 5.03 Å². The zero-order valence-corrected chi connectivity index (χ0v) is 9.87. The normalized spacial score (nSPS) is 18.6. The fourth-order valence-electron chi connectivity index (χ4n) is 2.04. The molecule has 0 N–H and O–H groups in total. The van der Waals surface area contributed by atoms with Crippen molar-refractivity contribution in [3.05, 3.63) is 40.5 Å². The van der Waals surface area contributed by atoms with Crippen molar-refractivity contribution in [2.75, 3.05) is 0 Å². The van der Waals surface area contributed by atoms with Crippen LogP contribution in [-0.4, -0.2) is 0 Å². The number of fused-ring (bicyclic) bond motifs is 1. The van der Waals surface area contributed by atoms with Crippen LogP contribution in [0.3, 0.4) is 0 Å². The summed E-state index contributed by atoms with van der Waals surface area (Å²) in [5.41, 5.74) is 5.24. The minimum absolute atomic E-state index is 0.0957. The number of benzene rings is 1. The summed E-state index contributed by atoms with van der Waals surface area (Å²) >= 11 is 6.31. The lowest BCUT2D eigenvalue weighted by molar-refractivity contribution is 0.639. The van der Waals surface area contributed by atoms with Crippen molar-refractivity contribution in [2.24, 2.45) is 0 Å². The second kappa shape index (κ2) is 2.87. The van der Waals surface area contributed by atoms with Crippen LogP contribution in [0.4, 0.5) is 0 Å². The fourth-order valence-corrected chi connectivity index (χ4v) is 2.45. The molecule has 0 atom stereocenters. The highest BCUT2D eigenvalue weighted by molar-refractivity contribution is 6.50. The van der Waals surface area contributed by atoms with E-state index in [0.29, 0.717) is 0 Å². The molecule has 0 radical (unpaired) electrons. The number of aryl methyl sites for hydroxylation is 1. The number of hydrogen-bond donors (Lipinski definition) is 0. The first kappa shape index (κ1) is 9.79. The van der Waals surface area contributed by atoms with Gasteiger partial charge in [0, 0.05) is 10.4 Å². The van der Waals surface area contributed by atoms with E-state index in [1.165, 1.54) is 22.3 Å². The summed E-state index contributed by atoms with van der Waals surface area (Å²) in [6.07, 6.45) is 0. The summed E-state index contributed by atoms with van der Waals surface area (Å²) in [5, 5.41) is 0.935. The van der Waals surface area contributed by atoms with Gasteiger partial charge in [-0.2, -0.15) is 0 Å². The Kier molecular flexibility index (Phi) is 2.01. The number of rotatable bonds is 0. The van der Waals surface area contributed by atoms with Gasteiger partial charge < -0.3 is 0 Å². The van der Waals surface area contributed by atoms with Crippen LogP contribution >= 0.6 is 11.6 Å². The Morgan fingerprint density at radius 1 is 1.14 bits per heavy atom. The monoisotopic (exact) mass is 206 g/mol. The van der Waals surface area contributed by atoms with E-state index in [9.17, 15) is 0 Å². The first-order valence-corrected chi connectivity index (χ1v) is 5.30. The van der Waals surface area contributed by atoms with E-state index in [-0.39, 0.29) is 5.41 Å². The van der Waals surface area contributed by atoms with Crippen LogP contribution in [0, 0.1) is 6.92 Å². The molecule has 1 aliphatic carbocycles. The van der Waals surface area contributed by atoms with Crippen molar-refractivity contribution >= 4 is 16.6 Å². The third kappa shape index (κ3) is 1.14. The predicted octanol–water partition coefficient (Wildman–Crippen LogP) is 4.26. The van der Waals surface area contributed by atoms with Crippen molar-refractivity contribution < 1.29 is 0 Å². The molecule has 0 saturated carbocycles. The van der Waals surface area contributed by atoms with E-state index in [0.717, 1.165) is 5.03 Å². The Morgan fingerprint density at radius 2 is 1.79 bits per heavy atom. The number of hydrogen-bond acceptors (Lipinski definition) is 0. The van der Waals surface area contributed by atoms with Gasteiger partial charge in [0.25, 0.3) is 0 Å². The third-order valence-corrected chi connectivity index (χ3v) is 3.84. The smallest absolute Gasteiger partial charge is 0.0479 e. The molecule has 0 amide bonds. The Bertz CT molecular complexity index is 425. The maximum absolute atomic E-state index is 6.31. The summed E-state index contributed by atoms with van der Waals surface area (Å²) in [6.45, 7) is 8.71. The summed E-state index contributed by atoms with van der Waals surface area (Å²) in [4.78, 5) is 0. The van der Waals surface area contributed by atoms with Crippen LogP contribution in [0.1, 0.15) is 37.5 Å². The van der Waals surface area contributed by atoms with E-state index in [4.69, 9.17) is 11.6 Å². The highest BCUT2D eigenvalue weighted by Gasteiger charge is 2.34. The molecule has 1 aromatic carbocycles. The molecule has 0 unspecified atom stereocenters. The molecule has 2 rings (SSSR count). The number of allylic oxidation sites excluding steroid dienone is 1. The molecule has 0 aliphatic heterocycles. The highest BCUT2D eigenvalue weighted by atomic mass is 35.5. The van der Waals surface area contributed by atoms with Crippen LogP contribution in [0.2, 0.25) is 0 Å². The Balaban J connectivity index is 2.73. The lowest BCUT2D eigenvalue weighted by Crippen LogP contribution is -2.15. The molecule has 0 bridgehead atoms. The van der Waals surface area contributed by atoms with Crippen molar-refractivity contribution in [2.45, 2.75) is 33.1 Å². The molecule has 0 aromatic heterocycles. The molecule has 0 spiro atoms. The predicted molar refractivity (Wildman–Crippen MR) is 62.7 cm³/mol. The van der Waals surface area contributed by atoms with E-state index in [2.05, 4.69) is 45.9 Å². The first-order chi connectivity index (χ1) is 6.44. The topological polar surface area (TPSA) is 0 Å². The van der Waals surface area contributed by atoms with Gasteiger partial charge in [0.1, 0.15) is 0 Å². The van der Waals surface area contributed by atoms with E-state index >= 15 is 0 Å². The van der Waals surface area contributed by atoms with Gasteiger partial charge in [-0.25, -0.2) is 0 Å². The van der Waals surface area contributed by atoms with Crippen LogP contribution < -0.4 is 0 Å². The summed E-state index contributed by atoms with van der Waals surface area (Å²) in [5.74, 6) is 0. The Morgan fingerprint density at radius 3 is 2.43 bits per heavy atom. The second-order valence-electron chi connectivity index (χ2n) is 4.61. The van der Waals surface area contributed by atoms with Gasteiger partial charge in [-0.05, 0) is 30.5 Å². The first-order valence-electron chi connectivity index (χ1n) is 4.93. The fraction of sp³-hybridized carbons (Fsp3) is 0.385. The van der Waals surface area contributed by atoms with Crippen molar-refractivity contribution in [1.29, 1.82) is 0 Å². The van der Waals surface area contributed by atoms with Gasteiger partial charge in [0.2, 0.25) is 0 Å².